The molecule has 0 unspecified atom stereocenters. The lowest BCUT2D eigenvalue weighted by Crippen LogP contribution is -2.27. The molecule has 0 atom stereocenters. The Bertz CT molecular complexity index is 676. The second-order valence-corrected chi connectivity index (χ2v) is 4.60. The van der Waals surface area contributed by atoms with Crippen molar-refractivity contribution in [3.8, 4) is 5.75 Å². The van der Waals surface area contributed by atoms with Crippen molar-refractivity contribution in [2.75, 3.05) is 7.05 Å². The van der Waals surface area contributed by atoms with Crippen LogP contribution in [0.25, 0.3) is 0 Å². The number of aromatic nitrogens is 2. The first-order valence-corrected chi connectivity index (χ1v) is 6.48. The lowest BCUT2D eigenvalue weighted by atomic mass is 10.2. The van der Waals surface area contributed by atoms with Crippen LogP contribution in [0.15, 0.2) is 36.7 Å². The van der Waals surface area contributed by atoms with E-state index in [1.165, 1.54) is 31.4 Å². The molecule has 23 heavy (non-hydrogen) atoms. The molecule has 0 radical (unpaired) electrons. The predicted molar refractivity (Wildman–Crippen MR) is 72.4 cm³/mol. The van der Waals surface area contributed by atoms with Gasteiger partial charge in [-0.1, -0.05) is 6.07 Å². The first-order valence-electron chi connectivity index (χ1n) is 6.48. The maximum Gasteiger partial charge on any atom is 0.387 e. The van der Waals surface area contributed by atoms with Crippen LogP contribution in [0, 0.1) is 0 Å². The van der Waals surface area contributed by atoms with E-state index in [2.05, 4.69) is 9.72 Å². The number of halogens is 4. The lowest BCUT2D eigenvalue weighted by molar-refractivity contribution is -0.0499. The largest absolute Gasteiger partial charge is 0.435 e. The van der Waals surface area contributed by atoms with E-state index in [4.69, 9.17) is 0 Å². The molecule has 0 fully saturated rings. The molecule has 0 saturated heterocycles. The standard InChI is InChI=1S/C14H13F4N3O2/c1-20(8-11-19-5-6-21(11)13(15)16)12(22)9-3-2-4-10(7-9)23-14(17)18/h2-7,13-14H,8H2,1H3. The molecule has 1 amide bonds. The number of hydrogen-bond acceptors (Lipinski definition) is 3. The number of benzene rings is 1. The topological polar surface area (TPSA) is 47.4 Å². The second-order valence-electron chi connectivity index (χ2n) is 4.60. The normalized spacial score (nSPS) is 11.1. The van der Waals surface area contributed by atoms with Crippen molar-refractivity contribution >= 4 is 5.91 Å². The van der Waals surface area contributed by atoms with Crippen LogP contribution in [0.4, 0.5) is 17.6 Å². The molecule has 5 nitrogen and oxygen atoms in total. The number of imidazole rings is 1. The van der Waals surface area contributed by atoms with Gasteiger partial charge in [0.1, 0.15) is 11.6 Å². The molecule has 0 aliphatic rings. The Morgan fingerprint density at radius 2 is 2.09 bits per heavy atom. The van der Waals surface area contributed by atoms with Crippen molar-refractivity contribution in [1.82, 2.24) is 14.5 Å². The second kappa shape index (κ2) is 7.12. The van der Waals surface area contributed by atoms with Gasteiger partial charge in [-0.25, -0.2) is 4.98 Å². The van der Waals surface area contributed by atoms with E-state index < -0.39 is 19.1 Å². The van der Waals surface area contributed by atoms with Crippen molar-refractivity contribution in [2.24, 2.45) is 0 Å². The van der Waals surface area contributed by atoms with Gasteiger partial charge in [-0.05, 0) is 18.2 Å². The molecule has 124 valence electrons. The molecule has 0 aliphatic carbocycles. The molecule has 9 heteroatoms. The van der Waals surface area contributed by atoms with Gasteiger partial charge in [0.25, 0.3) is 5.91 Å². The molecular formula is C14H13F4N3O2. The van der Waals surface area contributed by atoms with Gasteiger partial charge < -0.3 is 9.64 Å². The van der Waals surface area contributed by atoms with Crippen LogP contribution in [-0.2, 0) is 6.54 Å². The van der Waals surface area contributed by atoms with E-state index in [1.54, 1.807) is 0 Å². The van der Waals surface area contributed by atoms with E-state index in [9.17, 15) is 22.4 Å². The molecular weight excluding hydrogens is 318 g/mol. The fourth-order valence-corrected chi connectivity index (χ4v) is 1.95. The number of alkyl halides is 4. The molecule has 1 aromatic heterocycles. The van der Waals surface area contributed by atoms with Crippen LogP contribution in [0.3, 0.4) is 0 Å². The first-order chi connectivity index (χ1) is 10.9. The average molecular weight is 331 g/mol. The van der Waals surface area contributed by atoms with E-state index in [0.29, 0.717) is 4.57 Å². The maximum absolute atomic E-state index is 12.7. The summed E-state index contributed by atoms with van der Waals surface area (Å²) in [7, 11) is 1.40. The summed E-state index contributed by atoms with van der Waals surface area (Å²) in [4.78, 5) is 17.2. The van der Waals surface area contributed by atoms with Crippen LogP contribution < -0.4 is 4.74 Å². The summed E-state index contributed by atoms with van der Waals surface area (Å²) in [5.41, 5.74) is 0.0980. The van der Waals surface area contributed by atoms with Crippen molar-refractivity contribution in [3.05, 3.63) is 48.0 Å². The molecule has 2 rings (SSSR count). The summed E-state index contributed by atoms with van der Waals surface area (Å²) in [6.07, 6.45) is 2.31. The van der Waals surface area contributed by atoms with Crippen LogP contribution in [0.2, 0.25) is 0 Å². The summed E-state index contributed by atoms with van der Waals surface area (Å²) in [5.74, 6) is -0.683. The Morgan fingerprint density at radius 1 is 1.35 bits per heavy atom. The van der Waals surface area contributed by atoms with Gasteiger partial charge in [-0.2, -0.15) is 17.6 Å². The first kappa shape index (κ1) is 16.8. The number of nitrogens with zero attached hydrogens (tertiary/aromatic N) is 3. The van der Waals surface area contributed by atoms with Crippen LogP contribution in [0.1, 0.15) is 22.7 Å². The highest BCUT2D eigenvalue weighted by Gasteiger charge is 2.18. The molecule has 0 spiro atoms. The zero-order valence-electron chi connectivity index (χ0n) is 12.0. The summed E-state index contributed by atoms with van der Waals surface area (Å²) in [5, 5.41) is 0. The lowest BCUT2D eigenvalue weighted by Gasteiger charge is -2.18. The number of rotatable bonds is 6. The highest BCUT2D eigenvalue weighted by Crippen LogP contribution is 2.18. The number of amides is 1. The fraction of sp³-hybridized carbons (Fsp3) is 0.286. The van der Waals surface area contributed by atoms with Crippen molar-refractivity contribution in [3.63, 3.8) is 0 Å². The fourth-order valence-electron chi connectivity index (χ4n) is 1.95. The van der Waals surface area contributed by atoms with Gasteiger partial charge in [-0.3, -0.25) is 9.36 Å². The van der Waals surface area contributed by atoms with E-state index in [-0.39, 0.29) is 23.7 Å². The number of ether oxygens (including phenoxy) is 1. The smallest absolute Gasteiger partial charge is 0.387 e. The molecule has 0 N–H and O–H groups in total. The summed E-state index contributed by atoms with van der Waals surface area (Å²) >= 11 is 0. The average Bonchev–Trinajstić information content (AvgIpc) is 2.94. The third-order valence-corrected chi connectivity index (χ3v) is 2.99. The maximum atomic E-state index is 12.7. The summed E-state index contributed by atoms with van der Waals surface area (Å²) in [6, 6.07) is 5.24. The SMILES string of the molecule is CN(Cc1nccn1C(F)F)C(=O)c1cccc(OC(F)F)c1. The van der Waals surface area contributed by atoms with Crippen LogP contribution >= 0.6 is 0 Å². The van der Waals surface area contributed by atoms with Crippen molar-refractivity contribution in [1.29, 1.82) is 0 Å². The van der Waals surface area contributed by atoms with E-state index in [1.807, 2.05) is 0 Å². The molecule has 1 heterocycles. The van der Waals surface area contributed by atoms with E-state index in [0.717, 1.165) is 17.2 Å². The Hall–Kier alpha value is -2.58. The molecule has 2 aromatic rings. The number of hydrogen-bond donors (Lipinski definition) is 0. The van der Waals surface area contributed by atoms with E-state index >= 15 is 0 Å². The van der Waals surface area contributed by atoms with Crippen LogP contribution in [-0.4, -0.2) is 34.0 Å². The van der Waals surface area contributed by atoms with Crippen molar-refractivity contribution in [2.45, 2.75) is 19.7 Å². The number of carbonyl (C=O) groups is 1. The number of carbonyl (C=O) groups excluding carboxylic acids is 1. The minimum atomic E-state index is -3.00. The van der Waals surface area contributed by atoms with Gasteiger partial charge in [-0.15, -0.1) is 0 Å². The Labute approximate surface area is 129 Å². The van der Waals surface area contributed by atoms with Gasteiger partial charge >= 0.3 is 13.2 Å². The molecule has 0 saturated carbocycles. The monoisotopic (exact) mass is 331 g/mol. The molecule has 1 aromatic carbocycles. The summed E-state index contributed by atoms with van der Waals surface area (Å²) in [6.45, 7) is -5.92. The third kappa shape index (κ3) is 4.21. The minimum Gasteiger partial charge on any atom is -0.435 e. The molecule has 0 aliphatic heterocycles. The Morgan fingerprint density at radius 3 is 2.74 bits per heavy atom. The Balaban J connectivity index is 2.12. The van der Waals surface area contributed by atoms with Crippen LogP contribution in [0.5, 0.6) is 5.75 Å². The van der Waals surface area contributed by atoms with Gasteiger partial charge in [0.05, 0.1) is 6.54 Å². The van der Waals surface area contributed by atoms with Crippen molar-refractivity contribution < 1.29 is 27.1 Å². The highest BCUT2D eigenvalue weighted by molar-refractivity contribution is 5.94. The Kier molecular flexibility index (Phi) is 5.20. The highest BCUT2D eigenvalue weighted by atomic mass is 19.3. The van der Waals surface area contributed by atoms with Gasteiger partial charge in [0.2, 0.25) is 0 Å². The minimum absolute atomic E-state index is 0.0100. The summed E-state index contributed by atoms with van der Waals surface area (Å²) < 4.78 is 54.7. The van der Waals surface area contributed by atoms with Gasteiger partial charge in [0, 0.05) is 25.0 Å². The predicted octanol–water partition coefficient (Wildman–Crippen LogP) is 3.15. The quantitative estimate of drug-likeness (QED) is 0.764. The zero-order valence-corrected chi connectivity index (χ0v) is 12.0. The van der Waals surface area contributed by atoms with Gasteiger partial charge in [0.15, 0.2) is 0 Å². The third-order valence-electron chi connectivity index (χ3n) is 2.99. The zero-order chi connectivity index (χ0) is 17.0. The molecule has 0 bridgehead atoms.